The van der Waals surface area contributed by atoms with Crippen molar-refractivity contribution in [2.75, 3.05) is 0 Å². The van der Waals surface area contributed by atoms with E-state index in [0.717, 1.165) is 18.4 Å². The highest BCUT2D eigenvalue weighted by molar-refractivity contribution is 6.06. The summed E-state index contributed by atoms with van der Waals surface area (Å²) >= 11 is 0. The number of hydrogen-bond donors (Lipinski definition) is 0. The number of hydrogen-bond acceptors (Lipinski definition) is 1. The van der Waals surface area contributed by atoms with Crippen molar-refractivity contribution in [3.63, 3.8) is 0 Å². The molecule has 0 N–H and O–H groups in total. The van der Waals surface area contributed by atoms with Crippen LogP contribution < -0.4 is 0 Å². The predicted molar refractivity (Wildman–Crippen MR) is 46.4 cm³/mol. The average molecular weight is 150 g/mol. The lowest BCUT2D eigenvalue weighted by atomic mass is 10.1. The van der Waals surface area contributed by atoms with Crippen LogP contribution >= 0.6 is 0 Å². The zero-order valence-electron chi connectivity index (χ0n) is 6.97. The highest BCUT2D eigenvalue weighted by Crippen LogP contribution is 2.14. The van der Waals surface area contributed by atoms with Crippen LogP contribution in [0.15, 0.2) is 23.8 Å². The van der Waals surface area contributed by atoms with Gasteiger partial charge in [0.25, 0.3) is 0 Å². The Morgan fingerprint density at radius 2 is 2.18 bits per heavy atom. The monoisotopic (exact) mass is 150 g/mol. The van der Waals surface area contributed by atoms with Gasteiger partial charge >= 0.3 is 0 Å². The molecule has 0 spiro atoms. The van der Waals surface area contributed by atoms with Crippen molar-refractivity contribution in [3.05, 3.63) is 23.8 Å². The Labute approximate surface area is 67.8 Å². The fourth-order valence-electron chi connectivity index (χ4n) is 1.21. The van der Waals surface area contributed by atoms with Crippen molar-refractivity contribution < 1.29 is 4.79 Å². The summed E-state index contributed by atoms with van der Waals surface area (Å²) in [6, 6.07) is 0. The maximum Gasteiger partial charge on any atom is 0.181 e. The van der Waals surface area contributed by atoms with Gasteiger partial charge in [0, 0.05) is 0 Å². The highest BCUT2D eigenvalue weighted by atomic mass is 16.1. The van der Waals surface area contributed by atoms with Crippen LogP contribution in [0.2, 0.25) is 0 Å². The number of carbonyl (C=O) groups is 1. The smallest absolute Gasteiger partial charge is 0.181 e. The van der Waals surface area contributed by atoms with Gasteiger partial charge in [-0.05, 0) is 24.5 Å². The summed E-state index contributed by atoms with van der Waals surface area (Å²) in [6.45, 7) is 2.17. The highest BCUT2D eigenvalue weighted by Gasteiger charge is 2.07. The molecule has 0 aromatic rings. The molecule has 0 atom stereocenters. The van der Waals surface area contributed by atoms with E-state index in [1.807, 2.05) is 12.2 Å². The third-order valence-corrected chi connectivity index (χ3v) is 1.91. The molecular weight excluding hydrogens is 136 g/mol. The van der Waals surface area contributed by atoms with Gasteiger partial charge in [-0.15, -0.1) is 0 Å². The third-order valence-electron chi connectivity index (χ3n) is 1.91. The van der Waals surface area contributed by atoms with Crippen LogP contribution in [-0.2, 0) is 4.79 Å². The molecule has 0 heterocycles. The third kappa shape index (κ3) is 2.34. The molecule has 0 aromatic carbocycles. The maximum absolute atomic E-state index is 11.0. The minimum Gasteiger partial charge on any atom is -0.290 e. The van der Waals surface area contributed by atoms with Crippen molar-refractivity contribution in [2.24, 2.45) is 0 Å². The van der Waals surface area contributed by atoms with Crippen molar-refractivity contribution in [1.29, 1.82) is 0 Å². The molecule has 0 bridgehead atoms. The summed E-state index contributed by atoms with van der Waals surface area (Å²) in [6.07, 6.45) is 9.96. The standard InChI is InChI=1S/C10H14O/c1-2-3-4-6-9-7-5-8-10(9)11/h5,7-8H,2-4,6H2,1H3. The number of ketones is 1. The van der Waals surface area contributed by atoms with Crippen molar-refractivity contribution >= 4 is 5.78 Å². The Kier molecular flexibility index (Phi) is 3.09. The van der Waals surface area contributed by atoms with E-state index in [9.17, 15) is 4.79 Å². The van der Waals surface area contributed by atoms with Gasteiger partial charge in [0.15, 0.2) is 5.78 Å². The zero-order valence-corrected chi connectivity index (χ0v) is 6.97. The van der Waals surface area contributed by atoms with Crippen LogP contribution in [0.5, 0.6) is 0 Å². The fraction of sp³-hybridized carbons (Fsp3) is 0.500. The van der Waals surface area contributed by atoms with Gasteiger partial charge in [-0.1, -0.05) is 31.9 Å². The Balaban J connectivity index is 2.23. The molecule has 1 aliphatic rings. The summed E-state index contributed by atoms with van der Waals surface area (Å²) in [5.74, 6) is 0.209. The molecule has 0 amide bonds. The van der Waals surface area contributed by atoms with Gasteiger partial charge in [-0.3, -0.25) is 4.79 Å². The molecule has 0 saturated carbocycles. The van der Waals surface area contributed by atoms with Crippen LogP contribution in [-0.4, -0.2) is 5.78 Å². The van der Waals surface area contributed by atoms with Gasteiger partial charge in [-0.25, -0.2) is 0 Å². The molecule has 0 aromatic heterocycles. The van der Waals surface area contributed by atoms with E-state index in [4.69, 9.17) is 0 Å². The molecule has 1 aliphatic carbocycles. The van der Waals surface area contributed by atoms with E-state index in [-0.39, 0.29) is 5.78 Å². The first-order valence-corrected chi connectivity index (χ1v) is 4.26. The van der Waals surface area contributed by atoms with Crippen LogP contribution in [0.25, 0.3) is 0 Å². The Morgan fingerprint density at radius 3 is 2.73 bits per heavy atom. The van der Waals surface area contributed by atoms with Gasteiger partial charge in [0.05, 0.1) is 0 Å². The van der Waals surface area contributed by atoms with Crippen LogP contribution in [0, 0.1) is 0 Å². The van der Waals surface area contributed by atoms with E-state index in [0.29, 0.717) is 0 Å². The molecule has 0 unspecified atom stereocenters. The second-order valence-electron chi connectivity index (χ2n) is 2.87. The van der Waals surface area contributed by atoms with E-state index < -0.39 is 0 Å². The van der Waals surface area contributed by atoms with Crippen molar-refractivity contribution in [2.45, 2.75) is 32.6 Å². The molecule has 0 radical (unpaired) electrons. The Hall–Kier alpha value is -0.850. The lowest BCUT2D eigenvalue weighted by Crippen LogP contribution is -1.93. The number of rotatable bonds is 4. The zero-order chi connectivity index (χ0) is 8.10. The van der Waals surface area contributed by atoms with Gasteiger partial charge in [0.2, 0.25) is 0 Å². The maximum atomic E-state index is 11.0. The summed E-state index contributed by atoms with van der Waals surface area (Å²) in [5, 5.41) is 0. The molecule has 1 rings (SSSR count). The molecule has 0 fully saturated rings. The predicted octanol–water partition coefficient (Wildman–Crippen LogP) is 2.63. The molecule has 1 nitrogen and oxygen atoms in total. The van der Waals surface area contributed by atoms with Gasteiger partial charge in [-0.2, -0.15) is 0 Å². The molecule has 0 aliphatic heterocycles. The van der Waals surface area contributed by atoms with Crippen molar-refractivity contribution in [3.8, 4) is 0 Å². The second kappa shape index (κ2) is 4.12. The summed E-state index contributed by atoms with van der Waals surface area (Å²) in [4.78, 5) is 11.0. The number of unbranched alkanes of at least 4 members (excludes halogenated alkanes) is 2. The lowest BCUT2D eigenvalue weighted by molar-refractivity contribution is -0.111. The molecule has 60 valence electrons. The molecule has 11 heavy (non-hydrogen) atoms. The summed E-state index contributed by atoms with van der Waals surface area (Å²) < 4.78 is 0. The van der Waals surface area contributed by atoms with E-state index >= 15 is 0 Å². The first-order chi connectivity index (χ1) is 5.34. The molecule has 1 heteroatoms. The fourth-order valence-corrected chi connectivity index (χ4v) is 1.21. The van der Waals surface area contributed by atoms with Crippen LogP contribution in [0.1, 0.15) is 32.6 Å². The van der Waals surface area contributed by atoms with Gasteiger partial charge in [0.1, 0.15) is 0 Å². The number of allylic oxidation sites excluding steroid dienone is 4. The van der Waals surface area contributed by atoms with Gasteiger partial charge < -0.3 is 0 Å². The Bertz CT molecular complexity index is 199. The minimum absolute atomic E-state index is 0.209. The van der Waals surface area contributed by atoms with Crippen molar-refractivity contribution in [1.82, 2.24) is 0 Å². The quantitative estimate of drug-likeness (QED) is 0.563. The van der Waals surface area contributed by atoms with Crippen LogP contribution in [0.3, 0.4) is 0 Å². The summed E-state index contributed by atoms with van der Waals surface area (Å²) in [5.41, 5.74) is 0.985. The Morgan fingerprint density at radius 1 is 1.36 bits per heavy atom. The minimum atomic E-state index is 0.209. The molecular formula is C10H14O. The topological polar surface area (TPSA) is 17.1 Å². The average Bonchev–Trinajstić information content (AvgIpc) is 2.37. The number of carbonyl (C=O) groups excluding carboxylic acids is 1. The normalized spacial score (nSPS) is 15.7. The lowest BCUT2D eigenvalue weighted by Gasteiger charge is -1.97. The SMILES string of the molecule is CCCCCC1=CC=CC1=O. The second-order valence-corrected chi connectivity index (χ2v) is 2.87. The first kappa shape index (κ1) is 8.25. The first-order valence-electron chi connectivity index (χ1n) is 4.26. The van der Waals surface area contributed by atoms with E-state index in [1.54, 1.807) is 6.08 Å². The summed E-state index contributed by atoms with van der Waals surface area (Å²) in [7, 11) is 0. The van der Waals surface area contributed by atoms with E-state index in [1.165, 1.54) is 12.8 Å². The van der Waals surface area contributed by atoms with E-state index in [2.05, 4.69) is 6.92 Å². The largest absolute Gasteiger partial charge is 0.290 e. The molecule has 0 saturated heterocycles. The van der Waals surface area contributed by atoms with Crippen LogP contribution in [0.4, 0.5) is 0 Å².